The molecule has 0 bridgehead atoms. The number of carbonyl (C=O) groups excluding carboxylic acids is 1. The van der Waals surface area contributed by atoms with Gasteiger partial charge in [-0.25, -0.2) is 17.5 Å². The molecular formula is C14H19FN2O3S2. The zero-order valence-corrected chi connectivity index (χ0v) is 14.1. The van der Waals surface area contributed by atoms with Crippen molar-refractivity contribution in [2.24, 2.45) is 0 Å². The van der Waals surface area contributed by atoms with Gasteiger partial charge in [-0.2, -0.15) is 0 Å². The highest BCUT2D eigenvalue weighted by Gasteiger charge is 2.28. The predicted octanol–water partition coefficient (Wildman–Crippen LogP) is 1.70. The molecule has 1 aromatic carbocycles. The number of carbonyl (C=O) groups is 1. The van der Waals surface area contributed by atoms with Crippen molar-refractivity contribution in [1.82, 2.24) is 9.62 Å². The summed E-state index contributed by atoms with van der Waals surface area (Å²) in [5.74, 6) is -0.933. The molecule has 22 heavy (non-hydrogen) atoms. The molecular weight excluding hydrogens is 327 g/mol. The summed E-state index contributed by atoms with van der Waals surface area (Å²) in [6, 6.07) is 4.22. The van der Waals surface area contributed by atoms with Crippen LogP contribution in [0.5, 0.6) is 0 Å². The Kier molecular flexibility index (Phi) is 5.46. The summed E-state index contributed by atoms with van der Waals surface area (Å²) in [6.45, 7) is 0.761. The lowest BCUT2D eigenvalue weighted by atomic mass is 10.1. The fraction of sp³-hybridized carbons (Fsp3) is 0.500. The number of benzene rings is 1. The van der Waals surface area contributed by atoms with Gasteiger partial charge in [-0.15, -0.1) is 11.8 Å². The molecule has 0 aromatic heterocycles. The van der Waals surface area contributed by atoms with Crippen LogP contribution in [0.2, 0.25) is 0 Å². The molecule has 5 nitrogen and oxygen atoms in total. The zero-order chi connectivity index (χ0) is 16.3. The Morgan fingerprint density at radius 2 is 2.18 bits per heavy atom. The molecule has 1 unspecified atom stereocenters. The van der Waals surface area contributed by atoms with Crippen molar-refractivity contribution in [2.75, 3.05) is 25.6 Å². The molecule has 1 N–H and O–H groups in total. The van der Waals surface area contributed by atoms with Crippen LogP contribution < -0.4 is 4.72 Å². The molecule has 0 spiro atoms. The molecule has 1 aliphatic heterocycles. The van der Waals surface area contributed by atoms with Crippen molar-refractivity contribution in [1.29, 1.82) is 0 Å². The maximum Gasteiger partial charge on any atom is 0.258 e. The van der Waals surface area contributed by atoms with Gasteiger partial charge in [0.15, 0.2) is 0 Å². The van der Waals surface area contributed by atoms with Crippen LogP contribution in [0, 0.1) is 5.82 Å². The lowest BCUT2D eigenvalue weighted by Crippen LogP contribution is -2.49. The molecule has 1 aromatic rings. The zero-order valence-electron chi connectivity index (χ0n) is 12.5. The third-order valence-corrected chi connectivity index (χ3v) is 5.04. The molecule has 122 valence electrons. The Morgan fingerprint density at radius 3 is 2.82 bits per heavy atom. The van der Waals surface area contributed by atoms with E-state index in [1.807, 2.05) is 0 Å². The molecule has 0 aliphatic carbocycles. The van der Waals surface area contributed by atoms with Gasteiger partial charge in [-0.05, 0) is 31.2 Å². The highest BCUT2D eigenvalue weighted by Crippen LogP contribution is 2.25. The second-order valence-corrected chi connectivity index (χ2v) is 7.93. The van der Waals surface area contributed by atoms with Crippen molar-refractivity contribution in [3.63, 3.8) is 0 Å². The molecule has 0 saturated carbocycles. The predicted molar refractivity (Wildman–Crippen MR) is 85.1 cm³/mol. The smallest absolute Gasteiger partial charge is 0.258 e. The topological polar surface area (TPSA) is 66.5 Å². The average Bonchev–Trinajstić information content (AvgIpc) is 2.44. The van der Waals surface area contributed by atoms with E-state index in [-0.39, 0.29) is 24.1 Å². The van der Waals surface area contributed by atoms with E-state index in [0.717, 1.165) is 6.26 Å². The van der Waals surface area contributed by atoms with E-state index >= 15 is 0 Å². The lowest BCUT2D eigenvalue weighted by Gasteiger charge is -2.33. The van der Waals surface area contributed by atoms with Crippen LogP contribution in [-0.4, -0.2) is 50.9 Å². The fourth-order valence-electron chi connectivity index (χ4n) is 2.60. The summed E-state index contributed by atoms with van der Waals surface area (Å²) in [4.78, 5) is 14.7. The van der Waals surface area contributed by atoms with Gasteiger partial charge >= 0.3 is 0 Å². The van der Waals surface area contributed by atoms with Crippen LogP contribution in [0.3, 0.4) is 0 Å². The van der Waals surface area contributed by atoms with Crippen LogP contribution in [0.25, 0.3) is 0 Å². The molecule has 1 fully saturated rings. The summed E-state index contributed by atoms with van der Waals surface area (Å²) in [5.41, 5.74) is 0.0648. The Labute approximate surface area is 134 Å². The number of thioether (sulfide) groups is 1. The minimum Gasteiger partial charge on any atom is -0.337 e. The third-order valence-electron chi connectivity index (χ3n) is 3.50. The number of nitrogens with one attached hydrogen (secondary N) is 1. The van der Waals surface area contributed by atoms with Crippen molar-refractivity contribution < 1.29 is 17.6 Å². The van der Waals surface area contributed by atoms with Gasteiger partial charge in [0, 0.05) is 24.0 Å². The van der Waals surface area contributed by atoms with Crippen LogP contribution in [0.4, 0.5) is 4.39 Å². The van der Waals surface area contributed by atoms with Crippen LogP contribution in [0.15, 0.2) is 23.1 Å². The monoisotopic (exact) mass is 346 g/mol. The Morgan fingerprint density at radius 1 is 1.45 bits per heavy atom. The van der Waals surface area contributed by atoms with Crippen molar-refractivity contribution in [2.45, 2.75) is 23.8 Å². The number of hydrogen-bond donors (Lipinski definition) is 1. The molecule has 1 amide bonds. The van der Waals surface area contributed by atoms with E-state index in [1.165, 1.54) is 22.7 Å². The van der Waals surface area contributed by atoms with Gasteiger partial charge in [0.25, 0.3) is 5.91 Å². The summed E-state index contributed by atoms with van der Waals surface area (Å²) in [7, 11) is -3.32. The highest BCUT2D eigenvalue weighted by atomic mass is 32.2. The minimum atomic E-state index is -3.32. The maximum absolute atomic E-state index is 14.0. The molecule has 1 saturated heterocycles. The molecule has 0 radical (unpaired) electrons. The number of likely N-dealkylation sites (tertiary alicyclic amines) is 1. The number of amides is 1. The Hall–Kier alpha value is -1.12. The molecule has 8 heteroatoms. The van der Waals surface area contributed by atoms with Crippen LogP contribution in [-0.2, 0) is 10.0 Å². The van der Waals surface area contributed by atoms with Crippen LogP contribution >= 0.6 is 11.8 Å². The van der Waals surface area contributed by atoms with E-state index in [2.05, 4.69) is 4.72 Å². The van der Waals surface area contributed by atoms with Gasteiger partial charge in [-0.1, -0.05) is 6.07 Å². The summed E-state index contributed by atoms with van der Waals surface area (Å²) >= 11 is 1.31. The van der Waals surface area contributed by atoms with E-state index in [9.17, 15) is 17.6 Å². The van der Waals surface area contributed by atoms with E-state index in [1.54, 1.807) is 18.4 Å². The standard InChI is InChI=1S/C14H19FN2O3S2/c1-21-12-7-3-6-11(15)13(12)14(18)17-8-4-5-10(9-17)16-22(2,19)20/h3,6-7,10,16H,4-5,8-9H2,1-2H3. The van der Waals surface area contributed by atoms with Gasteiger partial charge in [-0.3, -0.25) is 4.79 Å². The first kappa shape index (κ1) is 17.2. The quantitative estimate of drug-likeness (QED) is 0.843. The second kappa shape index (κ2) is 6.97. The van der Waals surface area contributed by atoms with E-state index in [4.69, 9.17) is 0 Å². The molecule has 2 rings (SSSR count). The number of nitrogens with zero attached hydrogens (tertiary/aromatic N) is 1. The molecule has 1 atom stereocenters. The Balaban J connectivity index is 2.19. The highest BCUT2D eigenvalue weighted by molar-refractivity contribution is 7.98. The van der Waals surface area contributed by atoms with Gasteiger partial charge in [0.2, 0.25) is 10.0 Å². The molecule has 1 heterocycles. The fourth-order valence-corrected chi connectivity index (χ4v) is 4.00. The van der Waals surface area contributed by atoms with Gasteiger partial charge < -0.3 is 4.90 Å². The minimum absolute atomic E-state index is 0.0648. The Bertz CT molecular complexity index is 664. The molecule has 1 aliphatic rings. The summed E-state index contributed by atoms with van der Waals surface area (Å²) < 4.78 is 39.2. The van der Waals surface area contributed by atoms with Gasteiger partial charge in [0.05, 0.1) is 11.8 Å². The van der Waals surface area contributed by atoms with E-state index < -0.39 is 15.8 Å². The number of piperidine rings is 1. The first-order chi connectivity index (χ1) is 10.3. The van der Waals surface area contributed by atoms with Gasteiger partial charge in [0.1, 0.15) is 5.82 Å². The largest absolute Gasteiger partial charge is 0.337 e. The summed E-state index contributed by atoms with van der Waals surface area (Å²) in [6.07, 6.45) is 4.23. The number of sulfonamides is 1. The number of halogens is 1. The summed E-state index contributed by atoms with van der Waals surface area (Å²) in [5, 5.41) is 0. The SMILES string of the molecule is CSc1cccc(F)c1C(=O)N1CCCC(NS(C)(=O)=O)C1. The van der Waals surface area contributed by atoms with Crippen molar-refractivity contribution >= 4 is 27.7 Å². The van der Waals surface area contributed by atoms with Crippen molar-refractivity contribution in [3.05, 3.63) is 29.6 Å². The first-order valence-corrected chi connectivity index (χ1v) is 10.0. The number of hydrogen-bond acceptors (Lipinski definition) is 4. The van der Waals surface area contributed by atoms with Crippen LogP contribution in [0.1, 0.15) is 23.2 Å². The third kappa shape index (κ3) is 4.21. The number of rotatable bonds is 4. The first-order valence-electron chi connectivity index (χ1n) is 6.91. The normalized spacial score (nSPS) is 19.2. The van der Waals surface area contributed by atoms with E-state index in [0.29, 0.717) is 24.3 Å². The maximum atomic E-state index is 14.0. The lowest BCUT2D eigenvalue weighted by molar-refractivity contribution is 0.0694. The second-order valence-electron chi connectivity index (χ2n) is 5.30. The van der Waals surface area contributed by atoms with Crippen molar-refractivity contribution in [3.8, 4) is 0 Å². The average molecular weight is 346 g/mol.